The Kier molecular flexibility index (Phi) is 2.23. The molecule has 14 heavy (non-hydrogen) atoms. The summed E-state index contributed by atoms with van der Waals surface area (Å²) in [6.45, 7) is 1.99. The SMILES string of the molecule is CCOC(=O)C1=NOC2CCC(=O)C12. The Balaban J connectivity index is 2.13. The molecule has 0 aromatic heterocycles. The summed E-state index contributed by atoms with van der Waals surface area (Å²) in [7, 11) is 0. The number of hydrogen-bond acceptors (Lipinski definition) is 5. The highest BCUT2D eigenvalue weighted by molar-refractivity contribution is 6.41. The molecule has 0 saturated heterocycles. The van der Waals surface area contributed by atoms with Crippen LogP contribution >= 0.6 is 0 Å². The van der Waals surface area contributed by atoms with Crippen molar-refractivity contribution in [3.05, 3.63) is 0 Å². The average Bonchev–Trinajstić information content (AvgIpc) is 2.70. The highest BCUT2D eigenvalue weighted by Crippen LogP contribution is 2.31. The summed E-state index contributed by atoms with van der Waals surface area (Å²) in [5.74, 6) is -0.983. The van der Waals surface area contributed by atoms with Crippen LogP contribution in [-0.2, 0) is 19.2 Å². The van der Waals surface area contributed by atoms with Crippen molar-refractivity contribution in [1.82, 2.24) is 0 Å². The molecule has 0 amide bonds. The summed E-state index contributed by atoms with van der Waals surface area (Å²) in [6.07, 6.45) is 0.880. The molecular weight excluding hydrogens is 186 g/mol. The molecule has 0 aromatic rings. The first kappa shape index (κ1) is 9.18. The fraction of sp³-hybridized carbons (Fsp3) is 0.667. The first-order valence-electron chi connectivity index (χ1n) is 4.67. The van der Waals surface area contributed by atoms with E-state index in [4.69, 9.17) is 9.57 Å². The normalized spacial score (nSPS) is 29.5. The van der Waals surface area contributed by atoms with Gasteiger partial charge in [-0.2, -0.15) is 0 Å². The van der Waals surface area contributed by atoms with Crippen molar-refractivity contribution in [2.75, 3.05) is 6.61 Å². The van der Waals surface area contributed by atoms with Crippen LogP contribution in [-0.4, -0.2) is 30.2 Å². The quantitative estimate of drug-likeness (QED) is 0.596. The molecule has 2 aliphatic rings. The van der Waals surface area contributed by atoms with Gasteiger partial charge >= 0.3 is 5.97 Å². The number of hydrogen-bond donors (Lipinski definition) is 0. The smallest absolute Gasteiger partial charge is 0.357 e. The van der Waals surface area contributed by atoms with E-state index in [1.807, 2.05) is 0 Å². The highest BCUT2D eigenvalue weighted by Gasteiger charge is 2.47. The van der Waals surface area contributed by atoms with Crippen molar-refractivity contribution >= 4 is 17.5 Å². The lowest BCUT2D eigenvalue weighted by Crippen LogP contribution is -2.30. The molecule has 5 heteroatoms. The summed E-state index contributed by atoms with van der Waals surface area (Å²) in [6, 6.07) is 0. The van der Waals surface area contributed by atoms with Gasteiger partial charge in [0.1, 0.15) is 17.8 Å². The first-order valence-corrected chi connectivity index (χ1v) is 4.67. The van der Waals surface area contributed by atoms with Gasteiger partial charge in [0, 0.05) is 6.42 Å². The molecule has 2 unspecified atom stereocenters. The number of ketones is 1. The lowest BCUT2D eigenvalue weighted by molar-refractivity contribution is -0.136. The van der Waals surface area contributed by atoms with Crippen LogP contribution in [0.3, 0.4) is 0 Å². The number of Topliss-reactive ketones (excluding diaryl/α,β-unsaturated/α-hetero) is 1. The van der Waals surface area contributed by atoms with E-state index in [0.717, 1.165) is 0 Å². The topological polar surface area (TPSA) is 65.0 Å². The summed E-state index contributed by atoms with van der Waals surface area (Å²) < 4.78 is 4.78. The van der Waals surface area contributed by atoms with Crippen molar-refractivity contribution in [3.8, 4) is 0 Å². The van der Waals surface area contributed by atoms with Crippen molar-refractivity contribution in [1.29, 1.82) is 0 Å². The van der Waals surface area contributed by atoms with Crippen molar-refractivity contribution in [2.24, 2.45) is 11.1 Å². The summed E-state index contributed by atoms with van der Waals surface area (Å²) in [4.78, 5) is 27.7. The van der Waals surface area contributed by atoms with E-state index in [0.29, 0.717) is 12.8 Å². The molecule has 1 aliphatic heterocycles. The van der Waals surface area contributed by atoms with E-state index in [1.165, 1.54) is 0 Å². The largest absolute Gasteiger partial charge is 0.461 e. The van der Waals surface area contributed by atoms with Gasteiger partial charge in [-0.25, -0.2) is 4.79 Å². The van der Waals surface area contributed by atoms with Crippen LogP contribution in [0.1, 0.15) is 19.8 Å². The predicted octanol–water partition coefficient (Wildman–Crippen LogP) is 0.283. The summed E-state index contributed by atoms with van der Waals surface area (Å²) in [5.41, 5.74) is 0.138. The Morgan fingerprint density at radius 3 is 3.21 bits per heavy atom. The molecule has 1 aliphatic carbocycles. The third-order valence-corrected chi connectivity index (χ3v) is 2.46. The molecule has 5 nitrogen and oxygen atoms in total. The van der Waals surface area contributed by atoms with Gasteiger partial charge in [-0.05, 0) is 13.3 Å². The lowest BCUT2D eigenvalue weighted by Gasteiger charge is -2.06. The maximum atomic E-state index is 11.4. The molecule has 2 atom stereocenters. The Bertz CT molecular complexity index is 310. The average molecular weight is 197 g/mol. The molecule has 0 N–H and O–H groups in total. The van der Waals surface area contributed by atoms with Gasteiger partial charge in [0.15, 0.2) is 5.71 Å². The molecule has 1 saturated carbocycles. The van der Waals surface area contributed by atoms with Crippen LogP contribution in [0.5, 0.6) is 0 Å². The third kappa shape index (κ3) is 1.29. The molecule has 0 bridgehead atoms. The van der Waals surface area contributed by atoms with E-state index < -0.39 is 11.9 Å². The van der Waals surface area contributed by atoms with E-state index >= 15 is 0 Å². The van der Waals surface area contributed by atoms with Gasteiger partial charge in [0.25, 0.3) is 0 Å². The second-order valence-corrected chi connectivity index (χ2v) is 3.32. The number of rotatable bonds is 2. The second-order valence-electron chi connectivity index (χ2n) is 3.32. The molecular formula is C9H11NO4. The Hall–Kier alpha value is -1.39. The second kappa shape index (κ2) is 3.40. The van der Waals surface area contributed by atoms with Crippen LogP contribution < -0.4 is 0 Å². The number of esters is 1. The predicted molar refractivity (Wildman–Crippen MR) is 46.7 cm³/mol. The zero-order valence-corrected chi connectivity index (χ0v) is 7.86. The van der Waals surface area contributed by atoms with Gasteiger partial charge in [0.2, 0.25) is 0 Å². The number of carbonyl (C=O) groups is 2. The van der Waals surface area contributed by atoms with Gasteiger partial charge in [0.05, 0.1) is 6.61 Å². The summed E-state index contributed by atoms with van der Waals surface area (Å²) >= 11 is 0. The fourth-order valence-electron chi connectivity index (χ4n) is 1.81. The molecule has 0 spiro atoms. The van der Waals surface area contributed by atoms with Crippen molar-refractivity contribution in [2.45, 2.75) is 25.9 Å². The maximum absolute atomic E-state index is 11.4. The zero-order chi connectivity index (χ0) is 10.1. The standard InChI is InChI=1S/C9H11NO4/c1-2-13-9(12)8-7-5(11)3-4-6(7)14-10-8/h6-7H,2-4H2,1H3. The van der Waals surface area contributed by atoms with Crippen LogP contribution in [0.15, 0.2) is 5.16 Å². The van der Waals surface area contributed by atoms with Crippen LogP contribution in [0.4, 0.5) is 0 Å². The Morgan fingerprint density at radius 1 is 1.71 bits per heavy atom. The van der Waals surface area contributed by atoms with E-state index in [2.05, 4.69) is 5.16 Å². The molecule has 1 heterocycles. The third-order valence-electron chi connectivity index (χ3n) is 2.46. The van der Waals surface area contributed by atoms with Gasteiger partial charge < -0.3 is 9.57 Å². The molecule has 2 rings (SSSR count). The number of nitrogens with zero attached hydrogens (tertiary/aromatic N) is 1. The highest BCUT2D eigenvalue weighted by atomic mass is 16.6. The van der Waals surface area contributed by atoms with Crippen molar-refractivity contribution < 1.29 is 19.2 Å². The van der Waals surface area contributed by atoms with Crippen LogP contribution in [0.25, 0.3) is 0 Å². The van der Waals surface area contributed by atoms with E-state index in [-0.39, 0.29) is 24.2 Å². The van der Waals surface area contributed by atoms with Crippen molar-refractivity contribution in [3.63, 3.8) is 0 Å². The Labute approximate surface area is 81.0 Å². The molecule has 0 radical (unpaired) electrons. The van der Waals surface area contributed by atoms with Crippen LogP contribution in [0.2, 0.25) is 0 Å². The fourth-order valence-corrected chi connectivity index (χ4v) is 1.81. The van der Waals surface area contributed by atoms with Gasteiger partial charge in [-0.3, -0.25) is 4.79 Å². The number of fused-ring (bicyclic) bond motifs is 1. The maximum Gasteiger partial charge on any atom is 0.357 e. The zero-order valence-electron chi connectivity index (χ0n) is 7.86. The first-order chi connectivity index (χ1) is 6.74. The van der Waals surface area contributed by atoms with E-state index in [1.54, 1.807) is 6.92 Å². The van der Waals surface area contributed by atoms with E-state index in [9.17, 15) is 9.59 Å². The monoisotopic (exact) mass is 197 g/mol. The minimum absolute atomic E-state index is 0.0271. The molecule has 76 valence electrons. The minimum atomic E-state index is -0.532. The molecule has 1 fully saturated rings. The Morgan fingerprint density at radius 2 is 2.50 bits per heavy atom. The number of carbonyl (C=O) groups excluding carboxylic acids is 2. The minimum Gasteiger partial charge on any atom is -0.461 e. The lowest BCUT2D eigenvalue weighted by atomic mass is 10.00. The summed E-state index contributed by atoms with van der Waals surface area (Å²) in [5, 5.41) is 3.61. The molecule has 0 aromatic carbocycles. The van der Waals surface area contributed by atoms with Crippen LogP contribution in [0, 0.1) is 5.92 Å². The van der Waals surface area contributed by atoms with Gasteiger partial charge in [-0.1, -0.05) is 5.16 Å². The number of ether oxygens (including phenoxy) is 1. The van der Waals surface area contributed by atoms with Gasteiger partial charge in [-0.15, -0.1) is 0 Å². The number of oxime groups is 1.